The number of nitrogens with one attached hydrogen (secondary N) is 1. The van der Waals surface area contributed by atoms with E-state index in [1.54, 1.807) is 0 Å². The van der Waals surface area contributed by atoms with Crippen molar-refractivity contribution in [2.24, 2.45) is 5.92 Å². The van der Waals surface area contributed by atoms with E-state index in [1.165, 1.54) is 6.42 Å². The summed E-state index contributed by atoms with van der Waals surface area (Å²) in [5.74, 6) is 1.44. The van der Waals surface area contributed by atoms with Gasteiger partial charge in [-0.15, -0.1) is 11.6 Å². The summed E-state index contributed by atoms with van der Waals surface area (Å²) in [4.78, 5) is 2.42. The fourth-order valence-electron chi connectivity index (χ4n) is 1.74. The third kappa shape index (κ3) is 8.06. The van der Waals surface area contributed by atoms with Crippen LogP contribution in [0, 0.1) is 5.92 Å². The predicted octanol–water partition coefficient (Wildman–Crippen LogP) is 2.57. The van der Waals surface area contributed by atoms with Crippen LogP contribution in [0.5, 0.6) is 0 Å². The van der Waals surface area contributed by atoms with Gasteiger partial charge < -0.3 is 10.2 Å². The Kier molecular flexibility index (Phi) is 9.57. The molecule has 2 nitrogen and oxygen atoms in total. The standard InChI is InChI=1S/C12H27ClN2/c1-5-15(6-2)8-7-14-12(10-13)9-11(3)4/h11-12,14H,5-10H2,1-4H3. The summed E-state index contributed by atoms with van der Waals surface area (Å²) in [6.45, 7) is 13.3. The zero-order chi connectivity index (χ0) is 11.7. The van der Waals surface area contributed by atoms with Gasteiger partial charge in [-0.1, -0.05) is 27.7 Å². The molecular formula is C12H27ClN2. The summed E-state index contributed by atoms with van der Waals surface area (Å²) in [5.41, 5.74) is 0. The molecule has 0 aliphatic heterocycles. The smallest absolute Gasteiger partial charge is 0.0377 e. The van der Waals surface area contributed by atoms with Crippen molar-refractivity contribution in [3.8, 4) is 0 Å². The Bertz CT molecular complexity index is 136. The molecule has 1 N–H and O–H groups in total. The number of likely N-dealkylation sites (N-methyl/N-ethyl adjacent to an activating group) is 1. The van der Waals surface area contributed by atoms with Crippen LogP contribution in [0.2, 0.25) is 0 Å². The highest BCUT2D eigenvalue weighted by molar-refractivity contribution is 6.18. The van der Waals surface area contributed by atoms with Crippen LogP contribution in [0.15, 0.2) is 0 Å². The summed E-state index contributed by atoms with van der Waals surface area (Å²) >= 11 is 5.92. The highest BCUT2D eigenvalue weighted by Crippen LogP contribution is 2.05. The number of hydrogen-bond donors (Lipinski definition) is 1. The Labute approximate surface area is 100 Å². The Morgan fingerprint density at radius 1 is 1.20 bits per heavy atom. The van der Waals surface area contributed by atoms with Crippen LogP contribution in [-0.2, 0) is 0 Å². The van der Waals surface area contributed by atoms with E-state index in [2.05, 4.69) is 37.9 Å². The second kappa shape index (κ2) is 9.44. The lowest BCUT2D eigenvalue weighted by Crippen LogP contribution is -2.38. The van der Waals surface area contributed by atoms with E-state index in [9.17, 15) is 0 Å². The summed E-state index contributed by atoms with van der Waals surface area (Å²) < 4.78 is 0. The molecule has 0 radical (unpaired) electrons. The molecule has 0 saturated carbocycles. The molecule has 1 atom stereocenters. The Morgan fingerprint density at radius 3 is 2.20 bits per heavy atom. The maximum Gasteiger partial charge on any atom is 0.0377 e. The Hall–Kier alpha value is 0.210. The van der Waals surface area contributed by atoms with Gasteiger partial charge in [0.05, 0.1) is 0 Å². The second-order valence-electron chi connectivity index (χ2n) is 4.46. The topological polar surface area (TPSA) is 15.3 Å². The minimum atomic E-state index is 0.474. The van der Waals surface area contributed by atoms with Gasteiger partial charge in [0.15, 0.2) is 0 Å². The summed E-state index contributed by atoms with van der Waals surface area (Å²) in [6, 6.07) is 0.474. The number of hydrogen-bond acceptors (Lipinski definition) is 2. The van der Waals surface area contributed by atoms with Gasteiger partial charge in [0.2, 0.25) is 0 Å². The SMILES string of the molecule is CCN(CC)CCNC(CCl)CC(C)C. The van der Waals surface area contributed by atoms with Crippen LogP contribution in [0.25, 0.3) is 0 Å². The molecule has 0 aliphatic rings. The lowest BCUT2D eigenvalue weighted by atomic mass is 10.1. The predicted molar refractivity (Wildman–Crippen MR) is 69.8 cm³/mol. The first-order chi connectivity index (χ1) is 7.13. The van der Waals surface area contributed by atoms with E-state index in [-0.39, 0.29) is 0 Å². The van der Waals surface area contributed by atoms with Crippen molar-refractivity contribution in [2.75, 3.05) is 32.1 Å². The van der Waals surface area contributed by atoms with Crippen molar-refractivity contribution in [1.82, 2.24) is 10.2 Å². The monoisotopic (exact) mass is 234 g/mol. The van der Waals surface area contributed by atoms with E-state index >= 15 is 0 Å². The van der Waals surface area contributed by atoms with Crippen molar-refractivity contribution in [1.29, 1.82) is 0 Å². The zero-order valence-electron chi connectivity index (χ0n) is 10.7. The normalized spacial score (nSPS) is 13.8. The molecule has 0 aromatic rings. The Balaban J connectivity index is 3.61. The molecular weight excluding hydrogens is 208 g/mol. The Morgan fingerprint density at radius 2 is 1.80 bits per heavy atom. The number of halogens is 1. The van der Waals surface area contributed by atoms with Crippen molar-refractivity contribution in [3.05, 3.63) is 0 Å². The number of rotatable bonds is 9. The van der Waals surface area contributed by atoms with Crippen molar-refractivity contribution >= 4 is 11.6 Å². The van der Waals surface area contributed by atoms with Crippen molar-refractivity contribution in [2.45, 2.75) is 40.2 Å². The maximum absolute atomic E-state index is 5.92. The van der Waals surface area contributed by atoms with Gasteiger partial charge in [-0.2, -0.15) is 0 Å². The van der Waals surface area contributed by atoms with Crippen LogP contribution in [-0.4, -0.2) is 43.0 Å². The summed E-state index contributed by atoms with van der Waals surface area (Å²) in [7, 11) is 0. The van der Waals surface area contributed by atoms with E-state index in [0.29, 0.717) is 6.04 Å². The minimum absolute atomic E-state index is 0.474. The van der Waals surface area contributed by atoms with Gasteiger partial charge in [0, 0.05) is 25.0 Å². The molecule has 3 heteroatoms. The van der Waals surface area contributed by atoms with Gasteiger partial charge in [-0.3, -0.25) is 0 Å². The van der Waals surface area contributed by atoms with E-state index in [4.69, 9.17) is 11.6 Å². The molecule has 0 fully saturated rings. The molecule has 0 aliphatic carbocycles. The third-order valence-electron chi connectivity index (χ3n) is 2.70. The fourth-order valence-corrected chi connectivity index (χ4v) is 1.97. The van der Waals surface area contributed by atoms with Crippen LogP contribution in [0.3, 0.4) is 0 Å². The molecule has 0 rings (SSSR count). The first-order valence-corrected chi connectivity index (χ1v) is 6.69. The fraction of sp³-hybridized carbons (Fsp3) is 1.00. The lowest BCUT2D eigenvalue weighted by Gasteiger charge is -2.22. The first kappa shape index (κ1) is 15.2. The largest absolute Gasteiger partial charge is 0.312 e. The van der Waals surface area contributed by atoms with Gasteiger partial charge in [0.1, 0.15) is 0 Å². The van der Waals surface area contributed by atoms with Crippen LogP contribution < -0.4 is 5.32 Å². The second-order valence-corrected chi connectivity index (χ2v) is 4.77. The lowest BCUT2D eigenvalue weighted by molar-refractivity contribution is 0.294. The van der Waals surface area contributed by atoms with Crippen LogP contribution >= 0.6 is 11.6 Å². The molecule has 0 spiro atoms. The molecule has 0 heterocycles. The summed E-state index contributed by atoms with van der Waals surface area (Å²) in [5, 5.41) is 3.53. The summed E-state index contributed by atoms with van der Waals surface area (Å²) in [6.07, 6.45) is 1.17. The molecule has 1 unspecified atom stereocenters. The van der Waals surface area contributed by atoms with Crippen LogP contribution in [0.1, 0.15) is 34.1 Å². The van der Waals surface area contributed by atoms with Gasteiger partial charge in [-0.25, -0.2) is 0 Å². The molecule has 0 bridgehead atoms. The molecule has 15 heavy (non-hydrogen) atoms. The van der Waals surface area contributed by atoms with E-state index < -0.39 is 0 Å². The maximum atomic E-state index is 5.92. The average Bonchev–Trinajstić information content (AvgIpc) is 2.22. The minimum Gasteiger partial charge on any atom is -0.312 e. The molecule has 0 aromatic heterocycles. The highest BCUT2D eigenvalue weighted by atomic mass is 35.5. The zero-order valence-corrected chi connectivity index (χ0v) is 11.5. The van der Waals surface area contributed by atoms with Crippen molar-refractivity contribution in [3.63, 3.8) is 0 Å². The molecule has 0 saturated heterocycles. The molecule has 0 amide bonds. The number of alkyl halides is 1. The number of nitrogens with zero attached hydrogens (tertiary/aromatic N) is 1. The molecule has 92 valence electrons. The van der Waals surface area contributed by atoms with E-state index in [0.717, 1.165) is 38.0 Å². The van der Waals surface area contributed by atoms with Crippen molar-refractivity contribution < 1.29 is 0 Å². The quantitative estimate of drug-likeness (QED) is 0.617. The average molecular weight is 235 g/mol. The van der Waals surface area contributed by atoms with Crippen LogP contribution in [0.4, 0.5) is 0 Å². The molecule has 0 aromatic carbocycles. The van der Waals surface area contributed by atoms with E-state index in [1.807, 2.05) is 0 Å². The van der Waals surface area contributed by atoms with Gasteiger partial charge >= 0.3 is 0 Å². The highest BCUT2D eigenvalue weighted by Gasteiger charge is 2.08. The first-order valence-electron chi connectivity index (χ1n) is 6.15. The van der Waals surface area contributed by atoms with Gasteiger partial charge in [-0.05, 0) is 25.4 Å². The van der Waals surface area contributed by atoms with Gasteiger partial charge in [0.25, 0.3) is 0 Å². The third-order valence-corrected chi connectivity index (χ3v) is 3.07.